The van der Waals surface area contributed by atoms with Crippen molar-refractivity contribution in [2.75, 3.05) is 11.9 Å². The van der Waals surface area contributed by atoms with Gasteiger partial charge in [-0.05, 0) is 13.3 Å². The summed E-state index contributed by atoms with van der Waals surface area (Å²) in [5.74, 6) is -3.02. The molecule has 1 aromatic rings. The van der Waals surface area contributed by atoms with Crippen LogP contribution in [0.3, 0.4) is 0 Å². The van der Waals surface area contributed by atoms with E-state index in [1.807, 2.05) is 6.92 Å². The molecule has 0 aliphatic carbocycles. The molecule has 0 spiro atoms. The van der Waals surface area contributed by atoms with Crippen LogP contribution in [0.4, 0.5) is 15.0 Å². The summed E-state index contributed by atoms with van der Waals surface area (Å²) in [4.78, 5) is 50.7. The quantitative estimate of drug-likeness (QED) is 0.363. The third-order valence-electron chi connectivity index (χ3n) is 4.41. The molecule has 1 unspecified atom stereocenters. The molecule has 2 rings (SSSR count). The summed E-state index contributed by atoms with van der Waals surface area (Å²) < 4.78 is 36.1. The number of ether oxygens (including phenoxy) is 4. The van der Waals surface area contributed by atoms with Gasteiger partial charge in [-0.2, -0.15) is 4.98 Å². The Morgan fingerprint density at radius 1 is 1.19 bits per heavy atom. The van der Waals surface area contributed by atoms with E-state index in [0.717, 1.165) is 30.5 Å². The van der Waals surface area contributed by atoms with E-state index < -0.39 is 59.9 Å². The number of hydrogen-bond donors (Lipinski definition) is 1. The number of esters is 2. The molecule has 0 bridgehead atoms. The molecular formula is C19H26FN3O8. The zero-order valence-electron chi connectivity index (χ0n) is 17.8. The summed E-state index contributed by atoms with van der Waals surface area (Å²) in [6, 6.07) is 0. The van der Waals surface area contributed by atoms with Gasteiger partial charge in [-0.3, -0.25) is 19.5 Å². The predicted octanol–water partition coefficient (Wildman–Crippen LogP) is 1.90. The van der Waals surface area contributed by atoms with Crippen molar-refractivity contribution in [2.24, 2.45) is 0 Å². The first kappa shape index (κ1) is 24.3. The van der Waals surface area contributed by atoms with Gasteiger partial charge in [0.1, 0.15) is 0 Å². The fraction of sp³-hybridized carbons (Fsp3) is 0.632. The van der Waals surface area contributed by atoms with E-state index >= 15 is 0 Å². The summed E-state index contributed by atoms with van der Waals surface area (Å²) in [6.07, 6.45) is -2.02. The zero-order chi connectivity index (χ0) is 23.1. The second-order valence-corrected chi connectivity index (χ2v) is 6.98. The Kier molecular flexibility index (Phi) is 8.48. The molecule has 1 aromatic heterocycles. The van der Waals surface area contributed by atoms with E-state index in [1.165, 1.54) is 6.92 Å². The van der Waals surface area contributed by atoms with E-state index in [0.29, 0.717) is 6.42 Å². The normalized spacial score (nSPS) is 22.6. The molecular weight excluding hydrogens is 417 g/mol. The highest BCUT2D eigenvalue weighted by Gasteiger charge is 2.48. The van der Waals surface area contributed by atoms with E-state index in [4.69, 9.17) is 18.9 Å². The van der Waals surface area contributed by atoms with E-state index in [2.05, 4.69) is 10.3 Å². The van der Waals surface area contributed by atoms with Gasteiger partial charge in [0.2, 0.25) is 0 Å². The summed E-state index contributed by atoms with van der Waals surface area (Å²) >= 11 is 0. The van der Waals surface area contributed by atoms with Crippen LogP contribution in [0.2, 0.25) is 0 Å². The number of rotatable bonds is 8. The Morgan fingerprint density at radius 3 is 2.45 bits per heavy atom. The third kappa shape index (κ3) is 6.48. The molecule has 31 heavy (non-hydrogen) atoms. The van der Waals surface area contributed by atoms with Gasteiger partial charge in [-0.1, -0.05) is 19.8 Å². The highest BCUT2D eigenvalue weighted by atomic mass is 19.1. The van der Waals surface area contributed by atoms with Gasteiger partial charge < -0.3 is 18.9 Å². The summed E-state index contributed by atoms with van der Waals surface area (Å²) in [7, 11) is 0. The molecule has 1 fully saturated rings. The minimum atomic E-state index is -1.30. The van der Waals surface area contributed by atoms with Crippen molar-refractivity contribution in [2.45, 2.75) is 71.5 Å². The highest BCUT2D eigenvalue weighted by Crippen LogP contribution is 2.33. The minimum Gasteiger partial charge on any atom is -0.456 e. The lowest BCUT2D eigenvalue weighted by Gasteiger charge is -2.23. The number of carbonyl (C=O) groups excluding carboxylic acids is 3. The molecule has 0 saturated carbocycles. The van der Waals surface area contributed by atoms with Gasteiger partial charge in [0, 0.05) is 13.8 Å². The van der Waals surface area contributed by atoms with Crippen LogP contribution in [-0.2, 0) is 28.5 Å². The fourth-order valence-corrected chi connectivity index (χ4v) is 3.06. The molecule has 1 N–H and O–H groups in total. The maximum atomic E-state index is 14.5. The topological polar surface area (TPSA) is 135 Å². The van der Waals surface area contributed by atoms with Crippen LogP contribution in [0.5, 0.6) is 0 Å². The van der Waals surface area contributed by atoms with Gasteiger partial charge in [-0.25, -0.2) is 14.0 Å². The molecule has 1 aliphatic rings. The van der Waals surface area contributed by atoms with Crippen molar-refractivity contribution in [3.05, 3.63) is 22.5 Å². The Bertz CT molecular complexity index is 874. The third-order valence-corrected chi connectivity index (χ3v) is 4.41. The number of halogens is 1. The number of nitrogens with zero attached hydrogens (tertiary/aromatic N) is 2. The van der Waals surface area contributed by atoms with Crippen molar-refractivity contribution >= 4 is 23.8 Å². The number of aromatic nitrogens is 2. The molecule has 4 atom stereocenters. The molecule has 11 nitrogen and oxygen atoms in total. The van der Waals surface area contributed by atoms with Crippen molar-refractivity contribution in [1.82, 2.24) is 9.55 Å². The van der Waals surface area contributed by atoms with Gasteiger partial charge >= 0.3 is 23.7 Å². The van der Waals surface area contributed by atoms with Crippen LogP contribution in [0.15, 0.2) is 11.0 Å². The molecule has 0 radical (unpaired) electrons. The fourth-order valence-electron chi connectivity index (χ4n) is 3.06. The largest absolute Gasteiger partial charge is 0.456 e. The number of hydrogen-bond acceptors (Lipinski definition) is 9. The first-order valence-electron chi connectivity index (χ1n) is 9.86. The highest BCUT2D eigenvalue weighted by molar-refractivity contribution is 5.83. The number of amides is 1. The van der Waals surface area contributed by atoms with Crippen LogP contribution in [-0.4, -0.2) is 52.5 Å². The maximum Gasteiger partial charge on any atom is 0.412 e. The Labute approximate surface area is 177 Å². The summed E-state index contributed by atoms with van der Waals surface area (Å²) in [5, 5.41) is 2.08. The van der Waals surface area contributed by atoms with Gasteiger partial charge in [0.05, 0.1) is 18.9 Å². The number of carbonyl (C=O) groups is 3. The van der Waals surface area contributed by atoms with Crippen molar-refractivity contribution in [3.63, 3.8) is 0 Å². The lowest BCUT2D eigenvalue weighted by atomic mass is 10.1. The van der Waals surface area contributed by atoms with Crippen LogP contribution in [0, 0.1) is 5.82 Å². The summed E-state index contributed by atoms with van der Waals surface area (Å²) in [5.41, 5.74) is -0.986. The molecule has 1 amide bonds. The molecule has 1 saturated heterocycles. The van der Waals surface area contributed by atoms with Gasteiger partial charge in [-0.15, -0.1) is 0 Å². The lowest BCUT2D eigenvalue weighted by molar-refractivity contribution is -0.165. The van der Waals surface area contributed by atoms with Crippen LogP contribution in [0.25, 0.3) is 0 Å². The second kappa shape index (κ2) is 10.8. The lowest BCUT2D eigenvalue weighted by Crippen LogP contribution is -2.40. The zero-order valence-corrected chi connectivity index (χ0v) is 17.8. The SMILES string of the molecule is CCCCCOC(=O)Nc1nc(=O)n([C@@H]2O[C@H](C)[C@@H](OC(C)=O)C2OC(C)=O)cc1F. The number of anilines is 1. The molecule has 1 aliphatic heterocycles. The monoisotopic (exact) mass is 443 g/mol. The average molecular weight is 443 g/mol. The van der Waals surface area contributed by atoms with Crippen molar-refractivity contribution in [3.8, 4) is 0 Å². The number of nitrogens with one attached hydrogen (secondary N) is 1. The van der Waals surface area contributed by atoms with Crippen molar-refractivity contribution < 1.29 is 37.7 Å². The first-order chi connectivity index (χ1) is 14.6. The molecule has 12 heteroatoms. The summed E-state index contributed by atoms with van der Waals surface area (Å²) in [6.45, 7) is 5.98. The maximum absolute atomic E-state index is 14.5. The number of unbranched alkanes of at least 4 members (excludes halogenated alkanes) is 2. The Hall–Kier alpha value is -3.02. The van der Waals surface area contributed by atoms with E-state index in [1.54, 1.807) is 6.92 Å². The van der Waals surface area contributed by atoms with E-state index in [9.17, 15) is 23.6 Å². The second-order valence-electron chi connectivity index (χ2n) is 6.98. The predicted molar refractivity (Wildman–Crippen MR) is 104 cm³/mol. The Morgan fingerprint density at radius 2 is 1.84 bits per heavy atom. The molecule has 172 valence electrons. The Balaban J connectivity index is 2.22. The van der Waals surface area contributed by atoms with Gasteiger partial charge in [0.25, 0.3) is 0 Å². The minimum absolute atomic E-state index is 0.147. The van der Waals surface area contributed by atoms with Gasteiger partial charge in [0.15, 0.2) is 30.1 Å². The first-order valence-corrected chi connectivity index (χ1v) is 9.86. The molecule has 0 aromatic carbocycles. The average Bonchev–Trinajstić information content (AvgIpc) is 2.96. The van der Waals surface area contributed by atoms with Crippen molar-refractivity contribution in [1.29, 1.82) is 0 Å². The smallest absolute Gasteiger partial charge is 0.412 e. The van der Waals surface area contributed by atoms with Crippen LogP contribution in [0.1, 0.15) is 53.2 Å². The van der Waals surface area contributed by atoms with E-state index in [-0.39, 0.29) is 6.61 Å². The standard InChI is InChI=1S/C19H26FN3O8/c1-5-6-7-8-28-19(27)22-16-13(20)9-23(18(26)21-16)17-15(31-12(4)25)14(10(2)29-17)30-11(3)24/h9-10,14-15,17H,5-8H2,1-4H3,(H,21,22,26,27)/t10-,14-,15?,17-/m1/s1. The van der Waals surface area contributed by atoms with Crippen LogP contribution >= 0.6 is 0 Å². The van der Waals surface area contributed by atoms with Crippen LogP contribution < -0.4 is 11.0 Å². The molecule has 2 heterocycles.